The summed E-state index contributed by atoms with van der Waals surface area (Å²) in [5, 5.41) is 8.29. The van der Waals surface area contributed by atoms with Gasteiger partial charge in [0.2, 0.25) is 10.0 Å². The number of piperazine rings is 1. The minimum atomic E-state index is -3.51. The Kier molecular flexibility index (Phi) is 5.48. The monoisotopic (exact) mass is 415 g/mol. The zero-order valence-electron chi connectivity index (χ0n) is 16.6. The Morgan fingerprint density at radius 3 is 2.45 bits per heavy atom. The van der Waals surface area contributed by atoms with Gasteiger partial charge in [-0.25, -0.2) is 13.4 Å². The van der Waals surface area contributed by atoms with E-state index in [1.807, 2.05) is 26.1 Å². The van der Waals surface area contributed by atoms with E-state index in [1.165, 1.54) is 6.33 Å². The number of aryl methyl sites for hydroxylation is 2. The summed E-state index contributed by atoms with van der Waals surface area (Å²) in [6, 6.07) is 7.25. The SMILES string of the molecule is Cc1cc(S(=O)(=O)N2CCN(CCn3cncn3)CC2)ccc1-c1ccnn1C. The van der Waals surface area contributed by atoms with Crippen molar-refractivity contribution in [1.29, 1.82) is 0 Å². The molecule has 1 saturated heterocycles. The first-order valence-electron chi connectivity index (χ1n) is 9.59. The van der Waals surface area contributed by atoms with Gasteiger partial charge in [0, 0.05) is 51.5 Å². The summed E-state index contributed by atoms with van der Waals surface area (Å²) in [4.78, 5) is 6.54. The zero-order chi connectivity index (χ0) is 20.4. The maximum absolute atomic E-state index is 13.1. The van der Waals surface area contributed by atoms with E-state index in [1.54, 1.807) is 38.3 Å². The number of aromatic nitrogens is 5. The quantitative estimate of drug-likeness (QED) is 0.597. The normalized spacial score (nSPS) is 16.3. The largest absolute Gasteiger partial charge is 0.299 e. The van der Waals surface area contributed by atoms with Crippen molar-refractivity contribution < 1.29 is 8.42 Å². The first kappa shape index (κ1) is 19.7. The minimum absolute atomic E-state index is 0.344. The molecule has 0 amide bonds. The summed E-state index contributed by atoms with van der Waals surface area (Å²) in [5.41, 5.74) is 2.87. The highest BCUT2D eigenvalue weighted by molar-refractivity contribution is 7.89. The average molecular weight is 416 g/mol. The third-order valence-electron chi connectivity index (χ3n) is 5.38. The van der Waals surface area contributed by atoms with E-state index in [0.717, 1.165) is 29.9 Å². The van der Waals surface area contributed by atoms with Crippen LogP contribution < -0.4 is 0 Å². The molecule has 1 aromatic carbocycles. The van der Waals surface area contributed by atoms with Crippen LogP contribution in [-0.2, 0) is 23.6 Å². The van der Waals surface area contributed by atoms with Crippen molar-refractivity contribution >= 4 is 10.0 Å². The fourth-order valence-electron chi connectivity index (χ4n) is 3.66. The Morgan fingerprint density at radius 1 is 1.03 bits per heavy atom. The second-order valence-corrected chi connectivity index (χ2v) is 9.16. The molecule has 10 heteroatoms. The van der Waals surface area contributed by atoms with Gasteiger partial charge >= 0.3 is 0 Å². The van der Waals surface area contributed by atoms with Gasteiger partial charge in [0.05, 0.1) is 17.1 Å². The Bertz CT molecular complexity index is 1070. The summed E-state index contributed by atoms with van der Waals surface area (Å²) in [6.07, 6.45) is 4.95. The van der Waals surface area contributed by atoms with E-state index in [9.17, 15) is 8.42 Å². The molecule has 3 heterocycles. The molecule has 1 fully saturated rings. The van der Waals surface area contributed by atoms with Gasteiger partial charge < -0.3 is 0 Å². The zero-order valence-corrected chi connectivity index (χ0v) is 17.5. The highest BCUT2D eigenvalue weighted by Gasteiger charge is 2.28. The van der Waals surface area contributed by atoms with E-state index in [-0.39, 0.29) is 0 Å². The predicted octanol–water partition coefficient (Wildman–Crippen LogP) is 0.994. The summed E-state index contributed by atoms with van der Waals surface area (Å²) < 4.78 is 31.4. The molecule has 0 spiro atoms. The van der Waals surface area contributed by atoms with E-state index < -0.39 is 10.0 Å². The lowest BCUT2D eigenvalue weighted by atomic mass is 10.1. The van der Waals surface area contributed by atoms with Crippen molar-refractivity contribution in [3.05, 3.63) is 48.7 Å². The molecule has 29 heavy (non-hydrogen) atoms. The van der Waals surface area contributed by atoms with Crippen molar-refractivity contribution in [2.45, 2.75) is 18.4 Å². The fraction of sp³-hybridized carbons (Fsp3) is 0.421. The molecular weight excluding hydrogens is 390 g/mol. The van der Waals surface area contributed by atoms with Gasteiger partial charge in [-0.1, -0.05) is 6.07 Å². The van der Waals surface area contributed by atoms with Crippen molar-refractivity contribution in [1.82, 2.24) is 33.8 Å². The van der Waals surface area contributed by atoms with Crippen molar-refractivity contribution in [2.75, 3.05) is 32.7 Å². The molecule has 0 bridgehead atoms. The number of hydrogen-bond acceptors (Lipinski definition) is 6. The Hall–Kier alpha value is -2.56. The molecule has 0 radical (unpaired) electrons. The number of hydrogen-bond donors (Lipinski definition) is 0. The van der Waals surface area contributed by atoms with Crippen molar-refractivity contribution in [3.8, 4) is 11.3 Å². The van der Waals surface area contributed by atoms with Crippen LogP contribution in [0.15, 0.2) is 48.0 Å². The molecule has 0 unspecified atom stereocenters. The molecular formula is C19H25N7O2S. The molecule has 0 saturated carbocycles. The van der Waals surface area contributed by atoms with Gasteiger partial charge in [-0.2, -0.15) is 14.5 Å². The highest BCUT2D eigenvalue weighted by atomic mass is 32.2. The van der Waals surface area contributed by atoms with Crippen LogP contribution in [0.2, 0.25) is 0 Å². The van der Waals surface area contributed by atoms with E-state index in [2.05, 4.69) is 20.1 Å². The van der Waals surface area contributed by atoms with Crippen LogP contribution in [0.4, 0.5) is 0 Å². The molecule has 9 nitrogen and oxygen atoms in total. The molecule has 0 atom stereocenters. The lowest BCUT2D eigenvalue weighted by molar-refractivity contribution is 0.181. The molecule has 3 aromatic rings. The summed E-state index contributed by atoms with van der Waals surface area (Å²) in [6.45, 7) is 5.91. The van der Waals surface area contributed by atoms with Crippen molar-refractivity contribution in [3.63, 3.8) is 0 Å². The Labute approximate surface area is 170 Å². The highest BCUT2D eigenvalue weighted by Crippen LogP contribution is 2.27. The van der Waals surface area contributed by atoms with E-state index >= 15 is 0 Å². The molecule has 1 aliphatic heterocycles. The third-order valence-corrected chi connectivity index (χ3v) is 7.27. The van der Waals surface area contributed by atoms with Gasteiger partial charge in [0.1, 0.15) is 12.7 Å². The van der Waals surface area contributed by atoms with Gasteiger partial charge in [-0.3, -0.25) is 14.3 Å². The van der Waals surface area contributed by atoms with Gasteiger partial charge in [-0.05, 0) is 30.7 Å². The minimum Gasteiger partial charge on any atom is -0.299 e. The summed E-state index contributed by atoms with van der Waals surface area (Å²) >= 11 is 0. The van der Waals surface area contributed by atoms with Crippen LogP contribution in [0.25, 0.3) is 11.3 Å². The molecule has 2 aromatic heterocycles. The number of rotatable bonds is 6. The molecule has 0 aliphatic carbocycles. The van der Waals surface area contributed by atoms with Crippen LogP contribution in [0.1, 0.15) is 5.56 Å². The summed E-state index contributed by atoms with van der Waals surface area (Å²) in [7, 11) is -1.63. The lowest BCUT2D eigenvalue weighted by Gasteiger charge is -2.34. The van der Waals surface area contributed by atoms with Crippen LogP contribution in [0.3, 0.4) is 0 Å². The smallest absolute Gasteiger partial charge is 0.243 e. The topological polar surface area (TPSA) is 89.2 Å². The number of sulfonamides is 1. The molecule has 4 rings (SSSR count). The second kappa shape index (κ2) is 8.05. The van der Waals surface area contributed by atoms with Crippen LogP contribution in [-0.4, -0.2) is 74.9 Å². The fourth-order valence-corrected chi connectivity index (χ4v) is 5.16. The Balaban J connectivity index is 1.42. The first-order valence-corrected chi connectivity index (χ1v) is 11.0. The van der Waals surface area contributed by atoms with Crippen molar-refractivity contribution in [2.24, 2.45) is 7.05 Å². The molecule has 1 aliphatic rings. The summed E-state index contributed by atoms with van der Waals surface area (Å²) in [5.74, 6) is 0. The molecule has 0 N–H and O–H groups in total. The maximum atomic E-state index is 13.1. The van der Waals surface area contributed by atoms with E-state index in [0.29, 0.717) is 31.1 Å². The molecule has 154 valence electrons. The first-order chi connectivity index (χ1) is 13.9. The number of benzene rings is 1. The standard InChI is InChI=1S/C19H25N7O2S/c1-16-13-17(3-4-18(16)19-5-6-21-23(19)2)29(27,28)26-11-8-24(9-12-26)7-10-25-15-20-14-22-25/h3-6,13-15H,7-12H2,1-2H3. The second-order valence-electron chi connectivity index (χ2n) is 7.22. The predicted molar refractivity (Wildman–Crippen MR) is 109 cm³/mol. The Morgan fingerprint density at radius 2 is 1.83 bits per heavy atom. The lowest BCUT2D eigenvalue weighted by Crippen LogP contribution is -2.49. The van der Waals surface area contributed by atoms with Crippen LogP contribution >= 0.6 is 0 Å². The van der Waals surface area contributed by atoms with Gasteiger partial charge in [-0.15, -0.1) is 0 Å². The third kappa shape index (κ3) is 4.09. The van der Waals surface area contributed by atoms with Gasteiger partial charge in [0.15, 0.2) is 0 Å². The van der Waals surface area contributed by atoms with E-state index in [4.69, 9.17) is 0 Å². The van der Waals surface area contributed by atoms with Crippen LogP contribution in [0.5, 0.6) is 0 Å². The van der Waals surface area contributed by atoms with Gasteiger partial charge in [0.25, 0.3) is 0 Å². The maximum Gasteiger partial charge on any atom is 0.243 e. The number of nitrogens with zero attached hydrogens (tertiary/aromatic N) is 7. The van der Waals surface area contributed by atoms with Crippen LogP contribution in [0, 0.1) is 6.92 Å². The average Bonchev–Trinajstić information content (AvgIpc) is 3.38.